The summed E-state index contributed by atoms with van der Waals surface area (Å²) in [6.45, 7) is 0. The van der Waals surface area contributed by atoms with Crippen molar-refractivity contribution in [1.82, 2.24) is 4.90 Å². The summed E-state index contributed by atoms with van der Waals surface area (Å²) >= 11 is 13.1. The van der Waals surface area contributed by atoms with Crippen molar-refractivity contribution in [2.45, 2.75) is 17.5 Å². The molecule has 0 radical (unpaired) electrons. The molecule has 196 valence electrons. The van der Waals surface area contributed by atoms with Crippen LogP contribution in [0.2, 0.25) is 10.0 Å². The number of nitrogens with zero attached hydrogens (tertiary/aromatic N) is 1. The molecule has 5 nitrogen and oxygen atoms in total. The molecule has 7 heteroatoms. The number of para-hydroxylation sites is 1. The zero-order valence-corrected chi connectivity index (χ0v) is 22.6. The van der Waals surface area contributed by atoms with Gasteiger partial charge in [0.05, 0.1) is 22.0 Å². The molecule has 0 bridgehead atoms. The van der Waals surface area contributed by atoms with Gasteiger partial charge in [-0.1, -0.05) is 89.9 Å². The number of rotatable bonds is 4. The Hall–Kier alpha value is -4.19. The Morgan fingerprint density at radius 3 is 2.08 bits per heavy atom. The third kappa shape index (κ3) is 3.31. The molecule has 4 atom stereocenters. The maximum Gasteiger partial charge on any atom is 0.238 e. The van der Waals surface area contributed by atoms with E-state index in [4.69, 9.17) is 23.2 Å². The zero-order valence-electron chi connectivity index (χ0n) is 21.1. The predicted octanol–water partition coefficient (Wildman–Crippen LogP) is 6.98. The van der Waals surface area contributed by atoms with Crippen LogP contribution in [0.3, 0.4) is 0 Å². The second-order valence-electron chi connectivity index (χ2n) is 10.3. The lowest BCUT2D eigenvalue weighted by Gasteiger charge is -2.38. The van der Waals surface area contributed by atoms with Gasteiger partial charge in [-0.05, 0) is 53.1 Å². The van der Waals surface area contributed by atoms with Gasteiger partial charge in [-0.2, -0.15) is 0 Å². The van der Waals surface area contributed by atoms with Gasteiger partial charge in [-0.25, -0.2) is 0 Å². The Kier molecular flexibility index (Phi) is 5.70. The van der Waals surface area contributed by atoms with Crippen LogP contribution < -0.4 is 5.32 Å². The minimum atomic E-state index is -1.42. The number of anilines is 1. The molecule has 0 saturated carbocycles. The summed E-state index contributed by atoms with van der Waals surface area (Å²) in [4.78, 5) is 45.6. The van der Waals surface area contributed by atoms with Gasteiger partial charge in [0.2, 0.25) is 5.91 Å². The predicted molar refractivity (Wildman–Crippen MR) is 156 cm³/mol. The SMILES string of the molecule is O=C(c1ccccc1Cl)[C@@H]1[C@H](C(=O)c2ccccc2Cl)[C@@]2(C(=O)Nc3ccccc32)[C@H]2c3ccccc3C=CN12. The van der Waals surface area contributed by atoms with Crippen molar-refractivity contribution in [2.24, 2.45) is 5.92 Å². The van der Waals surface area contributed by atoms with E-state index in [1.807, 2.05) is 65.7 Å². The van der Waals surface area contributed by atoms with Gasteiger partial charge in [-0.15, -0.1) is 0 Å². The molecule has 7 rings (SSSR count). The van der Waals surface area contributed by atoms with E-state index in [9.17, 15) is 14.4 Å². The summed E-state index contributed by atoms with van der Waals surface area (Å²) in [7, 11) is 0. The maximum absolute atomic E-state index is 14.8. The summed E-state index contributed by atoms with van der Waals surface area (Å²) in [5.41, 5.74) is 2.23. The molecule has 1 fully saturated rings. The van der Waals surface area contributed by atoms with Crippen molar-refractivity contribution < 1.29 is 14.4 Å². The average Bonchev–Trinajstić information content (AvgIpc) is 3.45. The highest BCUT2D eigenvalue weighted by atomic mass is 35.5. The highest BCUT2D eigenvalue weighted by molar-refractivity contribution is 6.35. The van der Waals surface area contributed by atoms with E-state index in [-0.39, 0.29) is 33.1 Å². The molecule has 3 aliphatic rings. The van der Waals surface area contributed by atoms with E-state index in [1.165, 1.54) is 0 Å². The van der Waals surface area contributed by atoms with E-state index in [0.29, 0.717) is 16.8 Å². The number of ketones is 2. The normalized spacial score (nSPS) is 23.9. The average molecular weight is 565 g/mol. The number of hydrogen-bond acceptors (Lipinski definition) is 4. The molecule has 1 spiro atoms. The largest absolute Gasteiger partial charge is 0.358 e. The van der Waals surface area contributed by atoms with Gasteiger partial charge in [0, 0.05) is 23.0 Å². The Balaban J connectivity index is 1.57. The number of halogens is 2. The van der Waals surface area contributed by atoms with Crippen molar-refractivity contribution in [2.75, 3.05) is 5.32 Å². The van der Waals surface area contributed by atoms with Crippen LogP contribution in [0.4, 0.5) is 5.69 Å². The van der Waals surface area contributed by atoms with Crippen LogP contribution in [-0.2, 0) is 10.2 Å². The third-order valence-corrected chi connectivity index (χ3v) is 9.06. The van der Waals surface area contributed by atoms with E-state index in [1.54, 1.807) is 48.5 Å². The van der Waals surface area contributed by atoms with E-state index >= 15 is 0 Å². The van der Waals surface area contributed by atoms with Crippen LogP contribution in [-0.4, -0.2) is 28.4 Å². The first-order valence-electron chi connectivity index (χ1n) is 13.0. The Labute approximate surface area is 241 Å². The van der Waals surface area contributed by atoms with Gasteiger partial charge in [0.15, 0.2) is 11.6 Å². The van der Waals surface area contributed by atoms with Crippen LogP contribution in [0.5, 0.6) is 0 Å². The topological polar surface area (TPSA) is 66.5 Å². The van der Waals surface area contributed by atoms with Gasteiger partial charge >= 0.3 is 0 Å². The van der Waals surface area contributed by atoms with Crippen LogP contribution >= 0.6 is 23.2 Å². The van der Waals surface area contributed by atoms with E-state index in [0.717, 1.165) is 11.1 Å². The molecule has 1 saturated heterocycles. The summed E-state index contributed by atoms with van der Waals surface area (Å²) in [6.07, 6.45) is 3.76. The minimum Gasteiger partial charge on any atom is -0.358 e. The first-order chi connectivity index (χ1) is 19.4. The number of amides is 1. The standard InChI is InChI=1S/C33H22Cl2N2O3/c34-24-14-6-3-11-21(24)29(38)27-28(30(39)22-12-4-7-15-25(22)35)37-18-17-19-9-1-2-10-20(19)31(37)33(27)23-13-5-8-16-26(23)36-32(33)40/h1-18,27-28,31H,(H,36,40)/t27-,28+,31-,33-/m1/s1. The van der Waals surface area contributed by atoms with Crippen molar-refractivity contribution in [3.05, 3.63) is 141 Å². The molecular weight excluding hydrogens is 543 g/mol. The number of Topliss-reactive ketones (excluding diaryl/α,β-unsaturated/α-hetero) is 2. The lowest BCUT2D eigenvalue weighted by Crippen LogP contribution is -2.49. The summed E-state index contributed by atoms with van der Waals surface area (Å²) < 4.78 is 0. The number of nitrogens with one attached hydrogen (secondary N) is 1. The van der Waals surface area contributed by atoms with E-state index in [2.05, 4.69) is 5.32 Å². The summed E-state index contributed by atoms with van der Waals surface area (Å²) in [5.74, 6) is -2.14. The van der Waals surface area contributed by atoms with Crippen LogP contribution in [0.25, 0.3) is 6.08 Å². The van der Waals surface area contributed by atoms with Crippen molar-refractivity contribution in [1.29, 1.82) is 0 Å². The monoisotopic (exact) mass is 564 g/mol. The van der Waals surface area contributed by atoms with Gasteiger partial charge in [0.1, 0.15) is 11.5 Å². The van der Waals surface area contributed by atoms with Crippen LogP contribution in [0.1, 0.15) is 43.4 Å². The molecule has 0 aliphatic carbocycles. The van der Waals surface area contributed by atoms with Crippen LogP contribution in [0.15, 0.2) is 103 Å². The minimum absolute atomic E-state index is 0.263. The fourth-order valence-corrected chi connectivity index (χ4v) is 7.27. The number of carbonyl (C=O) groups is 3. The smallest absolute Gasteiger partial charge is 0.238 e. The first kappa shape index (κ1) is 24.8. The lowest BCUT2D eigenvalue weighted by molar-refractivity contribution is -0.122. The zero-order chi connectivity index (χ0) is 27.6. The quantitative estimate of drug-likeness (QED) is 0.272. The fourth-order valence-electron chi connectivity index (χ4n) is 6.82. The van der Waals surface area contributed by atoms with Gasteiger partial charge in [0.25, 0.3) is 0 Å². The first-order valence-corrected chi connectivity index (χ1v) is 13.7. The Bertz CT molecular complexity index is 1770. The number of fused-ring (bicyclic) bond motifs is 6. The summed E-state index contributed by atoms with van der Waals surface area (Å²) in [5, 5.41) is 3.59. The van der Waals surface area contributed by atoms with E-state index < -0.39 is 23.4 Å². The Morgan fingerprint density at radius 1 is 0.750 bits per heavy atom. The maximum atomic E-state index is 14.8. The van der Waals surface area contributed by atoms with Gasteiger partial charge in [-0.3, -0.25) is 14.4 Å². The second-order valence-corrected chi connectivity index (χ2v) is 11.1. The highest BCUT2D eigenvalue weighted by Gasteiger charge is 2.70. The summed E-state index contributed by atoms with van der Waals surface area (Å²) in [6, 6.07) is 27.1. The molecule has 0 aromatic heterocycles. The number of carbonyl (C=O) groups excluding carboxylic acids is 3. The molecular formula is C33H22Cl2N2O3. The molecule has 1 N–H and O–H groups in total. The van der Waals surface area contributed by atoms with Crippen molar-refractivity contribution in [3.8, 4) is 0 Å². The molecule has 3 aliphatic heterocycles. The molecule has 3 heterocycles. The highest BCUT2D eigenvalue weighted by Crippen LogP contribution is 2.62. The molecule has 0 unspecified atom stereocenters. The van der Waals surface area contributed by atoms with Crippen molar-refractivity contribution >= 4 is 52.4 Å². The molecule has 4 aromatic rings. The lowest BCUT2D eigenvalue weighted by atomic mass is 9.62. The second kappa shape index (κ2) is 9.19. The van der Waals surface area contributed by atoms with Crippen molar-refractivity contribution in [3.63, 3.8) is 0 Å². The number of benzene rings is 4. The van der Waals surface area contributed by atoms with Crippen LogP contribution in [0, 0.1) is 5.92 Å². The number of hydrogen-bond donors (Lipinski definition) is 1. The fraction of sp³-hybridized carbons (Fsp3) is 0.121. The molecule has 1 amide bonds. The van der Waals surface area contributed by atoms with Gasteiger partial charge < -0.3 is 10.2 Å². The Morgan fingerprint density at radius 2 is 1.35 bits per heavy atom. The molecule has 4 aromatic carbocycles. The molecule has 40 heavy (non-hydrogen) atoms. The third-order valence-electron chi connectivity index (χ3n) is 8.40.